The number of anilines is 1. The van der Waals surface area contributed by atoms with E-state index in [1.807, 2.05) is 39.0 Å². The summed E-state index contributed by atoms with van der Waals surface area (Å²) < 4.78 is 2.28. The molecule has 1 heterocycles. The van der Waals surface area contributed by atoms with Gasteiger partial charge in [0.1, 0.15) is 5.56 Å². The van der Waals surface area contributed by atoms with Crippen LogP contribution in [-0.2, 0) is 13.0 Å². The predicted molar refractivity (Wildman–Crippen MR) is 129 cm³/mol. The summed E-state index contributed by atoms with van der Waals surface area (Å²) in [6, 6.07) is 7.54. The Kier molecular flexibility index (Phi) is 8.11. The van der Waals surface area contributed by atoms with Gasteiger partial charge >= 0.3 is 0 Å². The normalized spacial score (nSPS) is 14.6. The molecule has 1 amide bonds. The van der Waals surface area contributed by atoms with Crippen LogP contribution in [0.5, 0.6) is 0 Å². The first-order valence-electron chi connectivity index (χ1n) is 12.0. The molecule has 1 fully saturated rings. The maximum absolute atomic E-state index is 13.4. The molecule has 3 rings (SSSR count). The molecule has 0 spiro atoms. The lowest BCUT2D eigenvalue weighted by molar-refractivity contribution is 0.102. The van der Waals surface area contributed by atoms with Crippen molar-refractivity contribution in [1.82, 2.24) is 4.57 Å². The fourth-order valence-corrected chi connectivity index (χ4v) is 4.83. The van der Waals surface area contributed by atoms with E-state index in [9.17, 15) is 9.59 Å². The number of pyridine rings is 1. The number of amides is 1. The molecule has 0 aliphatic heterocycles. The number of carbonyl (C=O) groups is 1. The van der Waals surface area contributed by atoms with E-state index in [0.29, 0.717) is 11.5 Å². The fourth-order valence-electron chi connectivity index (χ4n) is 4.83. The van der Waals surface area contributed by atoms with Crippen LogP contribution in [-0.4, -0.2) is 10.5 Å². The molecule has 168 valence electrons. The number of aromatic nitrogens is 1. The molecular weight excluding hydrogens is 384 g/mol. The lowest BCUT2D eigenvalue weighted by Gasteiger charge is -2.27. The topological polar surface area (TPSA) is 51.1 Å². The number of hydrogen-bond acceptors (Lipinski definition) is 2. The molecule has 0 atom stereocenters. The minimum Gasteiger partial charge on any atom is -0.348 e. The van der Waals surface area contributed by atoms with Crippen LogP contribution in [0.25, 0.3) is 0 Å². The van der Waals surface area contributed by atoms with Gasteiger partial charge in [0.25, 0.3) is 5.91 Å². The second kappa shape index (κ2) is 10.8. The second-order valence-corrected chi connectivity index (χ2v) is 9.25. The first-order chi connectivity index (χ1) is 14.9. The van der Waals surface area contributed by atoms with Crippen LogP contribution < -0.4 is 10.7 Å². The number of nitrogens with one attached hydrogen (secondary N) is 1. The van der Waals surface area contributed by atoms with Gasteiger partial charge in [-0.3, -0.25) is 9.59 Å². The summed E-state index contributed by atoms with van der Waals surface area (Å²) in [6.45, 7) is 9.14. The molecule has 0 saturated heterocycles. The molecule has 2 aromatic rings. The van der Waals surface area contributed by atoms with Gasteiger partial charge in [-0.15, -0.1) is 0 Å². The summed E-state index contributed by atoms with van der Waals surface area (Å²) in [4.78, 5) is 26.4. The third kappa shape index (κ3) is 5.66. The maximum atomic E-state index is 13.4. The molecule has 0 unspecified atom stereocenters. The van der Waals surface area contributed by atoms with Crippen molar-refractivity contribution in [2.45, 2.75) is 92.0 Å². The van der Waals surface area contributed by atoms with E-state index in [-0.39, 0.29) is 11.3 Å². The highest BCUT2D eigenvalue weighted by molar-refractivity contribution is 6.05. The van der Waals surface area contributed by atoms with Crippen LogP contribution in [0.2, 0.25) is 0 Å². The molecule has 1 aromatic heterocycles. The zero-order valence-electron chi connectivity index (χ0n) is 19.7. The molecular formula is C27H38N2O2. The summed E-state index contributed by atoms with van der Waals surface area (Å²) in [6.07, 6.45) is 10.4. The van der Waals surface area contributed by atoms with Crippen LogP contribution in [0.1, 0.15) is 91.2 Å². The average molecular weight is 423 g/mol. The van der Waals surface area contributed by atoms with Gasteiger partial charge in [-0.2, -0.15) is 0 Å². The van der Waals surface area contributed by atoms with E-state index in [1.165, 1.54) is 32.1 Å². The van der Waals surface area contributed by atoms with Gasteiger partial charge in [0.05, 0.1) is 0 Å². The van der Waals surface area contributed by atoms with Crippen molar-refractivity contribution < 1.29 is 4.79 Å². The van der Waals surface area contributed by atoms with Crippen molar-refractivity contribution in [2.24, 2.45) is 5.92 Å². The van der Waals surface area contributed by atoms with Crippen molar-refractivity contribution >= 4 is 11.6 Å². The number of benzene rings is 1. The highest BCUT2D eigenvalue weighted by Crippen LogP contribution is 2.27. The van der Waals surface area contributed by atoms with Crippen LogP contribution >= 0.6 is 0 Å². The molecule has 0 radical (unpaired) electrons. The molecule has 4 heteroatoms. The smallest absolute Gasteiger partial charge is 0.261 e. The Hall–Kier alpha value is -2.36. The molecule has 31 heavy (non-hydrogen) atoms. The number of hydrogen-bond donors (Lipinski definition) is 1. The zero-order chi connectivity index (χ0) is 22.4. The van der Waals surface area contributed by atoms with Crippen molar-refractivity contribution in [3.63, 3.8) is 0 Å². The molecule has 1 aromatic carbocycles. The quantitative estimate of drug-likeness (QED) is 0.505. The first-order valence-corrected chi connectivity index (χ1v) is 12.0. The van der Waals surface area contributed by atoms with E-state index >= 15 is 0 Å². The van der Waals surface area contributed by atoms with E-state index in [4.69, 9.17) is 0 Å². The van der Waals surface area contributed by atoms with Crippen LogP contribution in [0, 0.1) is 26.7 Å². The second-order valence-electron chi connectivity index (χ2n) is 9.25. The number of rotatable bonds is 8. The van der Waals surface area contributed by atoms with Crippen LogP contribution in [0.3, 0.4) is 0 Å². The Balaban J connectivity index is 2.00. The monoisotopic (exact) mass is 422 g/mol. The Bertz CT molecular complexity index is 968. The zero-order valence-corrected chi connectivity index (χ0v) is 19.7. The standard InChI is InChI=1S/C27H38N2O2/c1-5-6-8-16-24-26(27(31)28-23-15-11-12-19(2)21(23)4)25(30)17-20(3)29(24)18-22-13-9-7-10-14-22/h11-12,15,17,22H,5-10,13-14,16,18H2,1-4H3,(H,28,31). The summed E-state index contributed by atoms with van der Waals surface area (Å²) in [7, 11) is 0. The Labute approximate surface area is 187 Å². The Morgan fingerprint density at radius 2 is 1.84 bits per heavy atom. The van der Waals surface area contributed by atoms with E-state index in [0.717, 1.165) is 60.4 Å². The summed E-state index contributed by atoms with van der Waals surface area (Å²) in [5, 5.41) is 3.04. The molecule has 1 N–H and O–H groups in total. The van der Waals surface area contributed by atoms with Crippen molar-refractivity contribution in [1.29, 1.82) is 0 Å². The molecule has 4 nitrogen and oxygen atoms in total. The highest BCUT2D eigenvalue weighted by atomic mass is 16.2. The van der Waals surface area contributed by atoms with Gasteiger partial charge in [-0.05, 0) is 69.6 Å². The van der Waals surface area contributed by atoms with Gasteiger partial charge < -0.3 is 9.88 Å². The van der Waals surface area contributed by atoms with E-state index < -0.39 is 0 Å². The average Bonchev–Trinajstić information content (AvgIpc) is 2.74. The predicted octanol–water partition coefficient (Wildman–Crippen LogP) is 6.34. The first kappa shape index (κ1) is 23.3. The van der Waals surface area contributed by atoms with Crippen molar-refractivity contribution in [2.75, 3.05) is 5.32 Å². The third-order valence-corrected chi connectivity index (χ3v) is 6.89. The molecule has 1 aliphatic rings. The Morgan fingerprint density at radius 1 is 1.10 bits per heavy atom. The van der Waals surface area contributed by atoms with E-state index in [2.05, 4.69) is 16.8 Å². The Morgan fingerprint density at radius 3 is 2.55 bits per heavy atom. The van der Waals surface area contributed by atoms with Crippen LogP contribution in [0.4, 0.5) is 5.69 Å². The van der Waals surface area contributed by atoms with E-state index in [1.54, 1.807) is 6.07 Å². The fraction of sp³-hybridized carbons (Fsp3) is 0.556. The summed E-state index contributed by atoms with van der Waals surface area (Å²) in [5.74, 6) is 0.359. The lowest BCUT2D eigenvalue weighted by atomic mass is 9.89. The minimum absolute atomic E-state index is 0.160. The SMILES string of the molecule is CCCCCc1c(C(=O)Nc2cccc(C)c2C)c(=O)cc(C)n1CC1CCCCC1. The van der Waals surface area contributed by atoms with Crippen molar-refractivity contribution in [3.8, 4) is 0 Å². The molecule has 1 aliphatic carbocycles. The number of unbranched alkanes of at least 4 members (excludes halogenated alkanes) is 2. The van der Waals surface area contributed by atoms with Crippen molar-refractivity contribution in [3.05, 3.63) is 62.6 Å². The minimum atomic E-state index is -0.275. The number of carbonyl (C=O) groups excluding carboxylic acids is 1. The highest BCUT2D eigenvalue weighted by Gasteiger charge is 2.23. The largest absolute Gasteiger partial charge is 0.348 e. The summed E-state index contributed by atoms with van der Waals surface area (Å²) >= 11 is 0. The van der Waals surface area contributed by atoms with Gasteiger partial charge in [0.2, 0.25) is 0 Å². The maximum Gasteiger partial charge on any atom is 0.261 e. The molecule has 1 saturated carbocycles. The number of nitrogens with zero attached hydrogens (tertiary/aromatic N) is 1. The summed E-state index contributed by atoms with van der Waals surface area (Å²) in [5.41, 5.74) is 5.02. The third-order valence-electron chi connectivity index (χ3n) is 6.89. The lowest BCUT2D eigenvalue weighted by Crippen LogP contribution is -2.30. The molecule has 0 bridgehead atoms. The van der Waals surface area contributed by atoms with Gasteiger partial charge in [-0.25, -0.2) is 0 Å². The van der Waals surface area contributed by atoms with Gasteiger partial charge in [0, 0.05) is 29.7 Å². The van der Waals surface area contributed by atoms with Crippen LogP contribution in [0.15, 0.2) is 29.1 Å². The number of aryl methyl sites for hydroxylation is 2. The van der Waals surface area contributed by atoms with Gasteiger partial charge in [0.15, 0.2) is 5.43 Å². The van der Waals surface area contributed by atoms with Gasteiger partial charge in [-0.1, -0.05) is 51.2 Å².